The summed E-state index contributed by atoms with van der Waals surface area (Å²) >= 11 is 5.90. The van der Waals surface area contributed by atoms with Gasteiger partial charge >= 0.3 is 12.1 Å². The standard InChI is InChI=1S/C26H28ClF3N4O5/c1-31-23(36)19-7-6-18(39-25(38)26(28,29)30)12-21(19)34-13-20(22(35)14-34)32-17-8-10-33(11-9-17)24(37)15-2-4-16(27)5-3-15/h2-7,12,17,20,22,32,35H,8-11,13-14H2,1H3,(H,31,36)/t20-,22-/m0/s1. The van der Waals surface area contributed by atoms with Crippen molar-refractivity contribution in [3.05, 3.63) is 58.6 Å². The highest BCUT2D eigenvalue weighted by Gasteiger charge is 2.42. The van der Waals surface area contributed by atoms with Crippen LogP contribution in [0.3, 0.4) is 0 Å². The predicted octanol–water partition coefficient (Wildman–Crippen LogP) is 2.61. The van der Waals surface area contributed by atoms with Gasteiger partial charge in [-0.05, 0) is 49.2 Å². The van der Waals surface area contributed by atoms with E-state index in [9.17, 15) is 32.7 Å². The zero-order valence-corrected chi connectivity index (χ0v) is 21.8. The second-order valence-corrected chi connectivity index (χ2v) is 9.90. The molecular formula is C26H28ClF3N4O5. The minimum atomic E-state index is -5.17. The summed E-state index contributed by atoms with van der Waals surface area (Å²) in [6, 6.07) is 9.90. The van der Waals surface area contributed by atoms with E-state index < -0.39 is 30.2 Å². The van der Waals surface area contributed by atoms with Gasteiger partial charge in [-0.3, -0.25) is 9.59 Å². The molecule has 2 atom stereocenters. The lowest BCUT2D eigenvalue weighted by Crippen LogP contribution is -2.50. The van der Waals surface area contributed by atoms with Crippen molar-refractivity contribution in [2.75, 3.05) is 38.1 Å². The van der Waals surface area contributed by atoms with Gasteiger partial charge in [0.15, 0.2) is 0 Å². The monoisotopic (exact) mass is 568 g/mol. The van der Waals surface area contributed by atoms with Crippen LogP contribution in [0.2, 0.25) is 5.02 Å². The molecule has 4 rings (SSSR count). The number of esters is 1. The van der Waals surface area contributed by atoms with Gasteiger partial charge in [0.25, 0.3) is 11.8 Å². The molecule has 2 aromatic rings. The molecule has 0 unspecified atom stereocenters. The topological polar surface area (TPSA) is 111 Å². The Bertz CT molecular complexity index is 1220. The van der Waals surface area contributed by atoms with E-state index in [1.807, 2.05) is 0 Å². The number of nitrogens with zero attached hydrogens (tertiary/aromatic N) is 2. The van der Waals surface area contributed by atoms with Gasteiger partial charge in [-0.25, -0.2) is 4.79 Å². The average molecular weight is 569 g/mol. The van der Waals surface area contributed by atoms with Gasteiger partial charge in [0.05, 0.1) is 23.4 Å². The zero-order chi connectivity index (χ0) is 28.3. The molecule has 210 valence electrons. The lowest BCUT2D eigenvalue weighted by Gasteiger charge is -2.34. The van der Waals surface area contributed by atoms with Crippen molar-refractivity contribution in [3.8, 4) is 5.75 Å². The number of nitrogens with one attached hydrogen (secondary N) is 2. The smallest absolute Gasteiger partial charge is 0.420 e. The molecule has 0 aliphatic carbocycles. The van der Waals surface area contributed by atoms with Crippen molar-refractivity contribution >= 4 is 35.1 Å². The van der Waals surface area contributed by atoms with E-state index in [1.165, 1.54) is 19.2 Å². The Balaban J connectivity index is 1.40. The molecule has 0 aromatic heterocycles. The van der Waals surface area contributed by atoms with Crippen molar-refractivity contribution in [3.63, 3.8) is 0 Å². The highest BCUT2D eigenvalue weighted by molar-refractivity contribution is 6.30. The van der Waals surface area contributed by atoms with E-state index in [0.717, 1.165) is 6.07 Å². The lowest BCUT2D eigenvalue weighted by atomic mass is 10.0. The number of rotatable bonds is 6. The Morgan fingerprint density at radius 2 is 1.72 bits per heavy atom. The third kappa shape index (κ3) is 6.81. The number of amides is 2. The van der Waals surface area contributed by atoms with Crippen molar-refractivity contribution in [1.82, 2.24) is 15.5 Å². The van der Waals surface area contributed by atoms with E-state index in [2.05, 4.69) is 15.4 Å². The molecule has 9 nitrogen and oxygen atoms in total. The number of likely N-dealkylation sites (tertiary alicyclic amines) is 1. The first-order valence-corrected chi connectivity index (χ1v) is 12.7. The van der Waals surface area contributed by atoms with Crippen LogP contribution in [0.25, 0.3) is 0 Å². The summed E-state index contributed by atoms with van der Waals surface area (Å²) in [5.74, 6) is -3.31. The third-order valence-electron chi connectivity index (χ3n) is 6.84. The lowest BCUT2D eigenvalue weighted by molar-refractivity contribution is -0.189. The number of ether oxygens (including phenoxy) is 1. The molecule has 39 heavy (non-hydrogen) atoms. The van der Waals surface area contributed by atoms with Gasteiger partial charge in [-0.15, -0.1) is 0 Å². The van der Waals surface area contributed by atoms with Gasteiger partial charge in [-0.1, -0.05) is 11.6 Å². The number of hydrogen-bond donors (Lipinski definition) is 3. The molecule has 2 saturated heterocycles. The first-order valence-electron chi connectivity index (χ1n) is 12.3. The predicted molar refractivity (Wildman–Crippen MR) is 137 cm³/mol. The minimum Gasteiger partial charge on any atom is -0.420 e. The normalized spacial score (nSPS) is 20.2. The van der Waals surface area contributed by atoms with Crippen molar-refractivity contribution in [2.24, 2.45) is 0 Å². The SMILES string of the molecule is CNC(=O)c1ccc(OC(=O)C(F)(F)F)cc1N1C[C@H](NC2CCN(C(=O)c3ccc(Cl)cc3)CC2)[C@@H](O)C1. The molecule has 2 amide bonds. The molecule has 2 aromatic carbocycles. The maximum Gasteiger partial charge on any atom is 0.491 e. The summed E-state index contributed by atoms with van der Waals surface area (Å²) in [6.07, 6.45) is -4.69. The number of anilines is 1. The van der Waals surface area contributed by atoms with E-state index in [1.54, 1.807) is 34.1 Å². The second kappa shape index (κ2) is 11.8. The fourth-order valence-electron chi connectivity index (χ4n) is 4.80. The molecule has 2 aliphatic rings. The number of aliphatic hydroxyl groups excluding tert-OH is 1. The highest BCUT2D eigenvalue weighted by atomic mass is 35.5. The number of hydrogen-bond acceptors (Lipinski definition) is 7. The number of halogens is 4. The number of piperidine rings is 1. The van der Waals surface area contributed by atoms with Crippen molar-refractivity contribution in [1.29, 1.82) is 0 Å². The Morgan fingerprint density at radius 3 is 2.33 bits per heavy atom. The van der Waals surface area contributed by atoms with Crippen LogP contribution in [0.5, 0.6) is 5.75 Å². The molecule has 0 bridgehead atoms. The Labute approximate surface area is 227 Å². The van der Waals surface area contributed by atoms with Crippen molar-refractivity contribution < 1.29 is 37.4 Å². The van der Waals surface area contributed by atoms with Crippen LogP contribution in [0.1, 0.15) is 33.6 Å². The Kier molecular flexibility index (Phi) is 8.67. The number of carbonyl (C=O) groups excluding carboxylic acids is 3. The van der Waals surface area contributed by atoms with Gasteiger partial charge in [0.2, 0.25) is 0 Å². The van der Waals surface area contributed by atoms with Gasteiger partial charge in [-0.2, -0.15) is 13.2 Å². The maximum absolute atomic E-state index is 12.8. The van der Waals surface area contributed by atoms with Crippen molar-refractivity contribution in [2.45, 2.75) is 37.2 Å². The van der Waals surface area contributed by atoms with Crippen LogP contribution < -0.4 is 20.3 Å². The summed E-state index contributed by atoms with van der Waals surface area (Å²) in [5, 5.41) is 17.2. The summed E-state index contributed by atoms with van der Waals surface area (Å²) < 4.78 is 42.5. The first kappa shape index (κ1) is 28.7. The molecular weight excluding hydrogens is 541 g/mol. The van der Waals surface area contributed by atoms with E-state index in [-0.39, 0.29) is 42.0 Å². The molecule has 0 radical (unpaired) electrons. The highest BCUT2D eigenvalue weighted by Crippen LogP contribution is 2.31. The molecule has 0 spiro atoms. The third-order valence-corrected chi connectivity index (χ3v) is 7.09. The minimum absolute atomic E-state index is 0.0244. The first-order chi connectivity index (χ1) is 18.5. The van der Waals surface area contributed by atoms with Crippen LogP contribution in [0.4, 0.5) is 18.9 Å². The molecule has 3 N–H and O–H groups in total. The van der Waals surface area contributed by atoms with E-state index >= 15 is 0 Å². The summed E-state index contributed by atoms with van der Waals surface area (Å²) in [5.41, 5.74) is 0.947. The Morgan fingerprint density at radius 1 is 1.05 bits per heavy atom. The largest absolute Gasteiger partial charge is 0.491 e. The molecule has 2 aliphatic heterocycles. The maximum atomic E-state index is 12.8. The zero-order valence-electron chi connectivity index (χ0n) is 21.0. The van der Waals surface area contributed by atoms with Crippen LogP contribution >= 0.6 is 11.6 Å². The fraction of sp³-hybridized carbons (Fsp3) is 0.423. The number of β-amino-alcohol motifs (C(OH)–C–C–N with tert-alkyl or cyclic N) is 1. The summed E-state index contributed by atoms with van der Waals surface area (Å²) in [7, 11) is 1.41. The molecule has 2 fully saturated rings. The van der Waals surface area contributed by atoms with Crippen LogP contribution in [0, 0.1) is 0 Å². The second-order valence-electron chi connectivity index (χ2n) is 9.46. The van der Waals surface area contributed by atoms with E-state index in [0.29, 0.717) is 36.5 Å². The number of aliphatic hydroxyl groups is 1. The van der Waals surface area contributed by atoms with Gasteiger partial charge < -0.3 is 30.3 Å². The van der Waals surface area contributed by atoms with Gasteiger partial charge in [0.1, 0.15) is 5.75 Å². The van der Waals surface area contributed by atoms with Crippen LogP contribution in [-0.4, -0.2) is 85.4 Å². The number of benzene rings is 2. The fourth-order valence-corrected chi connectivity index (χ4v) is 4.93. The number of carbonyl (C=O) groups is 3. The quantitative estimate of drug-likeness (QED) is 0.363. The molecule has 2 heterocycles. The van der Waals surface area contributed by atoms with E-state index in [4.69, 9.17) is 11.6 Å². The van der Waals surface area contributed by atoms with Crippen LogP contribution in [-0.2, 0) is 4.79 Å². The summed E-state index contributed by atoms with van der Waals surface area (Å²) in [4.78, 5) is 39.9. The molecule has 0 saturated carbocycles. The van der Waals surface area contributed by atoms with Crippen LogP contribution in [0.15, 0.2) is 42.5 Å². The van der Waals surface area contributed by atoms with Gasteiger partial charge in [0, 0.05) is 55.9 Å². The Hall–Kier alpha value is -3.35. The average Bonchev–Trinajstić information content (AvgIpc) is 3.27. The number of alkyl halides is 3. The molecule has 13 heteroatoms. The summed E-state index contributed by atoms with van der Waals surface area (Å²) in [6.45, 7) is 1.41.